The summed E-state index contributed by atoms with van der Waals surface area (Å²) >= 11 is 0. The van der Waals surface area contributed by atoms with Gasteiger partial charge in [0.25, 0.3) is 0 Å². The van der Waals surface area contributed by atoms with Crippen molar-refractivity contribution in [2.24, 2.45) is 0 Å². The number of ether oxygens (including phenoxy) is 2. The summed E-state index contributed by atoms with van der Waals surface area (Å²) in [5.41, 5.74) is 0.992. The molecule has 2 fully saturated rings. The Labute approximate surface area is 141 Å². The molecular weight excluding hydrogens is 313 g/mol. The zero-order valence-electron chi connectivity index (χ0n) is 13.7. The van der Waals surface area contributed by atoms with Gasteiger partial charge in [0.2, 0.25) is 5.91 Å². The average Bonchev–Trinajstić information content (AvgIpc) is 2.65. The highest BCUT2D eigenvalue weighted by Gasteiger charge is 2.26. The summed E-state index contributed by atoms with van der Waals surface area (Å²) in [6.45, 7) is 5.12. The van der Waals surface area contributed by atoms with E-state index < -0.39 is 0 Å². The lowest BCUT2D eigenvalue weighted by Crippen LogP contribution is -2.53. The number of benzene rings is 1. The topological polar surface area (TPSA) is 62.8 Å². The molecule has 0 bridgehead atoms. The van der Waals surface area contributed by atoms with E-state index in [-0.39, 0.29) is 23.8 Å². The van der Waals surface area contributed by atoms with E-state index in [1.165, 1.54) is 12.1 Å². The van der Waals surface area contributed by atoms with Crippen LogP contribution in [-0.2, 0) is 14.3 Å². The minimum atomic E-state index is -0.308. The first kappa shape index (κ1) is 17.3. The van der Waals surface area contributed by atoms with Gasteiger partial charge < -0.3 is 20.1 Å². The van der Waals surface area contributed by atoms with E-state index in [1.807, 2.05) is 0 Å². The molecule has 1 aromatic carbocycles. The first-order valence-corrected chi connectivity index (χ1v) is 8.40. The molecule has 1 aromatic rings. The lowest BCUT2D eigenvalue weighted by molar-refractivity contribution is -0.126. The molecule has 6 nitrogen and oxygen atoms in total. The molecule has 0 radical (unpaired) electrons. The number of halogens is 1. The van der Waals surface area contributed by atoms with Gasteiger partial charge in [-0.15, -0.1) is 0 Å². The Balaban J connectivity index is 1.64. The predicted molar refractivity (Wildman–Crippen MR) is 87.2 cm³/mol. The standard InChI is InChI=1S/C17H24FN3O3/c18-14-3-1-13(2-4-14)16(21-6-9-23-10-7-21)11-20-17(22)15-12-24-8-5-19-15/h1-4,15-16,19H,5-12H2,(H,20,22). The smallest absolute Gasteiger partial charge is 0.239 e. The number of amides is 1. The van der Waals surface area contributed by atoms with Gasteiger partial charge in [0.05, 0.1) is 32.5 Å². The highest BCUT2D eigenvalue weighted by molar-refractivity contribution is 5.82. The summed E-state index contributed by atoms with van der Waals surface area (Å²) in [7, 11) is 0. The Morgan fingerprint density at radius 2 is 2.00 bits per heavy atom. The normalized spacial score (nSPS) is 23.6. The minimum absolute atomic E-state index is 0.00274. The maximum atomic E-state index is 13.2. The highest BCUT2D eigenvalue weighted by Crippen LogP contribution is 2.21. The molecule has 2 atom stereocenters. The maximum absolute atomic E-state index is 13.2. The van der Waals surface area contributed by atoms with Gasteiger partial charge in [-0.05, 0) is 17.7 Å². The molecule has 2 unspecified atom stereocenters. The second-order valence-electron chi connectivity index (χ2n) is 6.04. The van der Waals surface area contributed by atoms with Crippen LogP contribution in [-0.4, -0.2) is 69.5 Å². The van der Waals surface area contributed by atoms with Crippen LogP contribution in [0.3, 0.4) is 0 Å². The SMILES string of the molecule is O=C(NCC(c1ccc(F)cc1)N1CCOCC1)C1COCCN1. The zero-order valence-corrected chi connectivity index (χ0v) is 13.7. The van der Waals surface area contributed by atoms with Gasteiger partial charge in [-0.1, -0.05) is 12.1 Å². The van der Waals surface area contributed by atoms with Crippen molar-refractivity contribution < 1.29 is 18.7 Å². The van der Waals surface area contributed by atoms with E-state index in [0.717, 1.165) is 18.7 Å². The fraction of sp³-hybridized carbons (Fsp3) is 0.588. The lowest BCUT2D eigenvalue weighted by Gasteiger charge is -2.35. The number of carbonyl (C=O) groups is 1. The first-order chi connectivity index (χ1) is 11.7. The Morgan fingerprint density at radius 1 is 1.25 bits per heavy atom. The van der Waals surface area contributed by atoms with Crippen LogP contribution < -0.4 is 10.6 Å². The molecule has 3 rings (SSSR count). The van der Waals surface area contributed by atoms with Crippen molar-refractivity contribution >= 4 is 5.91 Å². The molecule has 0 spiro atoms. The van der Waals surface area contributed by atoms with E-state index in [2.05, 4.69) is 15.5 Å². The van der Waals surface area contributed by atoms with Crippen LogP contribution in [0.15, 0.2) is 24.3 Å². The molecule has 2 heterocycles. The Bertz CT molecular complexity index is 528. The third-order valence-electron chi connectivity index (χ3n) is 4.45. The molecule has 0 aliphatic carbocycles. The van der Waals surface area contributed by atoms with Gasteiger partial charge in [-0.2, -0.15) is 0 Å². The molecule has 0 saturated carbocycles. The van der Waals surface area contributed by atoms with Crippen molar-refractivity contribution in [1.29, 1.82) is 0 Å². The number of hydrogen-bond donors (Lipinski definition) is 2. The van der Waals surface area contributed by atoms with E-state index in [9.17, 15) is 9.18 Å². The van der Waals surface area contributed by atoms with E-state index in [0.29, 0.717) is 39.5 Å². The van der Waals surface area contributed by atoms with Crippen molar-refractivity contribution in [3.05, 3.63) is 35.6 Å². The third kappa shape index (κ3) is 4.51. The summed E-state index contributed by atoms with van der Waals surface area (Å²) in [6.07, 6.45) is 0. The van der Waals surface area contributed by atoms with Crippen molar-refractivity contribution in [2.45, 2.75) is 12.1 Å². The molecule has 2 N–H and O–H groups in total. The Morgan fingerprint density at radius 3 is 2.67 bits per heavy atom. The van der Waals surface area contributed by atoms with Gasteiger partial charge in [0, 0.05) is 26.2 Å². The van der Waals surface area contributed by atoms with Crippen LogP contribution in [0.4, 0.5) is 4.39 Å². The average molecular weight is 337 g/mol. The molecule has 2 aliphatic rings. The first-order valence-electron chi connectivity index (χ1n) is 8.40. The molecular formula is C17H24FN3O3. The number of nitrogens with zero attached hydrogens (tertiary/aromatic N) is 1. The fourth-order valence-electron chi connectivity index (χ4n) is 3.09. The van der Waals surface area contributed by atoms with Crippen LogP contribution in [0.1, 0.15) is 11.6 Å². The molecule has 1 amide bonds. The molecule has 132 valence electrons. The molecule has 0 aromatic heterocycles. The third-order valence-corrected chi connectivity index (χ3v) is 4.45. The van der Waals surface area contributed by atoms with Crippen molar-refractivity contribution in [3.8, 4) is 0 Å². The fourth-order valence-corrected chi connectivity index (χ4v) is 3.09. The van der Waals surface area contributed by atoms with Gasteiger partial charge in [0.1, 0.15) is 11.9 Å². The Hall–Kier alpha value is -1.54. The van der Waals surface area contributed by atoms with Crippen molar-refractivity contribution in [3.63, 3.8) is 0 Å². The summed E-state index contributed by atoms with van der Waals surface area (Å²) < 4.78 is 24.0. The quantitative estimate of drug-likeness (QED) is 0.809. The second-order valence-corrected chi connectivity index (χ2v) is 6.04. The molecule has 2 saturated heterocycles. The summed E-state index contributed by atoms with van der Waals surface area (Å²) in [6, 6.07) is 6.18. The van der Waals surface area contributed by atoms with E-state index in [1.54, 1.807) is 12.1 Å². The number of carbonyl (C=O) groups excluding carboxylic acids is 1. The number of morpholine rings is 2. The van der Waals surface area contributed by atoms with Gasteiger partial charge in [0.15, 0.2) is 0 Å². The zero-order chi connectivity index (χ0) is 16.8. The largest absolute Gasteiger partial charge is 0.379 e. The number of nitrogens with one attached hydrogen (secondary N) is 2. The van der Waals surface area contributed by atoms with Crippen LogP contribution in [0.5, 0.6) is 0 Å². The van der Waals surface area contributed by atoms with Crippen LogP contribution >= 0.6 is 0 Å². The predicted octanol–water partition coefficient (Wildman–Crippen LogP) is 0.304. The minimum Gasteiger partial charge on any atom is -0.379 e. The van der Waals surface area contributed by atoms with Crippen LogP contribution in [0.2, 0.25) is 0 Å². The van der Waals surface area contributed by atoms with Crippen LogP contribution in [0, 0.1) is 5.82 Å². The lowest BCUT2D eigenvalue weighted by atomic mass is 10.0. The van der Waals surface area contributed by atoms with Crippen molar-refractivity contribution in [2.75, 3.05) is 52.6 Å². The highest BCUT2D eigenvalue weighted by atomic mass is 19.1. The molecule has 7 heteroatoms. The number of rotatable bonds is 5. The summed E-state index contributed by atoms with van der Waals surface area (Å²) in [5, 5.41) is 6.15. The van der Waals surface area contributed by atoms with Crippen molar-refractivity contribution in [1.82, 2.24) is 15.5 Å². The molecule has 24 heavy (non-hydrogen) atoms. The van der Waals surface area contributed by atoms with E-state index >= 15 is 0 Å². The van der Waals surface area contributed by atoms with Gasteiger partial charge >= 0.3 is 0 Å². The van der Waals surface area contributed by atoms with E-state index in [4.69, 9.17) is 9.47 Å². The second kappa shape index (κ2) is 8.53. The van der Waals surface area contributed by atoms with Gasteiger partial charge in [-0.3, -0.25) is 9.69 Å². The monoisotopic (exact) mass is 337 g/mol. The summed E-state index contributed by atoms with van der Waals surface area (Å²) in [5.74, 6) is -0.317. The number of hydrogen-bond acceptors (Lipinski definition) is 5. The van der Waals surface area contributed by atoms with Crippen LogP contribution in [0.25, 0.3) is 0 Å². The molecule has 2 aliphatic heterocycles. The Kier molecular flexibility index (Phi) is 6.14. The maximum Gasteiger partial charge on any atom is 0.239 e. The summed E-state index contributed by atoms with van der Waals surface area (Å²) in [4.78, 5) is 14.6. The van der Waals surface area contributed by atoms with Gasteiger partial charge in [-0.25, -0.2) is 4.39 Å².